The average molecular weight is 612 g/mol. The van der Waals surface area contributed by atoms with Gasteiger partial charge in [-0.3, -0.25) is 0 Å². The molecular formula is C13F24. The van der Waals surface area contributed by atoms with Gasteiger partial charge in [0.15, 0.2) is 5.83 Å². The highest BCUT2D eigenvalue weighted by atomic mass is 19.4. The normalized spacial score (nSPS) is 24.6. The number of halogens is 24. The highest BCUT2D eigenvalue weighted by Crippen LogP contribution is 2.70. The molecule has 220 valence electrons. The molecule has 1 unspecified atom stereocenters. The van der Waals surface area contributed by atoms with E-state index in [0.717, 1.165) is 0 Å². The summed E-state index contributed by atoms with van der Waals surface area (Å²) >= 11 is 0. The Morgan fingerprint density at radius 1 is 0.378 bits per heavy atom. The minimum atomic E-state index is -9.49. The maximum absolute atomic E-state index is 14.5. The lowest BCUT2D eigenvalue weighted by atomic mass is 9.72. The van der Waals surface area contributed by atoms with Gasteiger partial charge in [0.1, 0.15) is 0 Å². The van der Waals surface area contributed by atoms with Crippen molar-refractivity contribution in [2.24, 2.45) is 0 Å². The van der Waals surface area contributed by atoms with E-state index >= 15 is 0 Å². The maximum Gasteiger partial charge on any atom is 0.460 e. The fourth-order valence-corrected chi connectivity index (χ4v) is 2.62. The van der Waals surface area contributed by atoms with Crippen LogP contribution in [0.1, 0.15) is 0 Å². The molecule has 37 heavy (non-hydrogen) atoms. The highest BCUT2D eigenvalue weighted by molar-refractivity contribution is 5.45. The highest BCUT2D eigenvalue weighted by Gasteiger charge is 2.98. The van der Waals surface area contributed by atoms with Crippen LogP contribution >= 0.6 is 0 Å². The van der Waals surface area contributed by atoms with Crippen LogP contribution in [0.25, 0.3) is 0 Å². The van der Waals surface area contributed by atoms with E-state index in [1.807, 2.05) is 0 Å². The summed E-state index contributed by atoms with van der Waals surface area (Å²) in [6.07, 6.45) is -17.0. The van der Waals surface area contributed by atoms with Gasteiger partial charge in [0, 0.05) is 0 Å². The van der Waals surface area contributed by atoms with Crippen molar-refractivity contribution in [3.05, 3.63) is 11.4 Å². The predicted molar refractivity (Wildman–Crippen MR) is 63.7 cm³/mol. The van der Waals surface area contributed by atoms with Crippen LogP contribution in [0.2, 0.25) is 0 Å². The number of allylic oxidation sites excluding steroid dienone is 2. The molecule has 0 aromatic rings. The van der Waals surface area contributed by atoms with Crippen LogP contribution < -0.4 is 0 Å². The molecule has 0 saturated heterocycles. The molecule has 0 amide bonds. The second-order valence-corrected chi connectivity index (χ2v) is 6.94. The van der Waals surface area contributed by atoms with Crippen molar-refractivity contribution in [1.29, 1.82) is 0 Å². The maximum atomic E-state index is 14.5. The number of alkyl halides is 23. The summed E-state index contributed by atoms with van der Waals surface area (Å²) in [7, 11) is 0. The van der Waals surface area contributed by atoms with Crippen LogP contribution in [0.15, 0.2) is 11.4 Å². The summed E-state index contributed by atoms with van der Waals surface area (Å²) in [4.78, 5) is 0. The standard InChI is InChI=1S/C13F24/c14-2-1(4(16,17)7(22,23)8(24,25)5(2,18)19)3(15,12(32,33)34)6(20,21)9(26,27)10(28,29)11(30,31)13(35,36)37. The number of rotatable bonds is 5. The van der Waals surface area contributed by atoms with Gasteiger partial charge >= 0.3 is 65.4 Å². The van der Waals surface area contributed by atoms with Crippen molar-refractivity contribution >= 4 is 0 Å². The third-order valence-electron chi connectivity index (χ3n) is 4.70. The quantitative estimate of drug-likeness (QED) is 0.275. The SMILES string of the molecule is FC1=C(C(F)(C(F)(F)F)C(F)(F)C(F)(F)C(F)(F)C(F)(F)C(F)(F)F)C(F)(F)C(F)(F)C(F)(F)C1(F)F. The lowest BCUT2D eigenvalue weighted by molar-refractivity contribution is -0.446. The number of hydrogen-bond acceptors (Lipinski definition) is 0. The van der Waals surface area contributed by atoms with Gasteiger partial charge in [-0.15, -0.1) is 0 Å². The van der Waals surface area contributed by atoms with E-state index in [2.05, 4.69) is 0 Å². The summed E-state index contributed by atoms with van der Waals surface area (Å²) in [5, 5.41) is 0. The molecule has 0 spiro atoms. The summed E-state index contributed by atoms with van der Waals surface area (Å²) in [5.74, 6) is -75.2. The van der Waals surface area contributed by atoms with Gasteiger partial charge in [-0.1, -0.05) is 0 Å². The summed E-state index contributed by atoms with van der Waals surface area (Å²) in [5.41, 5.74) is -15.4. The molecule has 0 aliphatic heterocycles. The van der Waals surface area contributed by atoms with Crippen LogP contribution in [0, 0.1) is 0 Å². The molecular weight excluding hydrogens is 612 g/mol. The Morgan fingerprint density at radius 3 is 0.973 bits per heavy atom. The Kier molecular flexibility index (Phi) is 6.78. The third-order valence-corrected chi connectivity index (χ3v) is 4.70. The van der Waals surface area contributed by atoms with Gasteiger partial charge in [0.2, 0.25) is 0 Å². The fourth-order valence-electron chi connectivity index (χ4n) is 2.62. The van der Waals surface area contributed by atoms with E-state index in [0.29, 0.717) is 0 Å². The molecule has 0 N–H and O–H groups in total. The Bertz CT molecular complexity index is 941. The topological polar surface area (TPSA) is 0 Å². The van der Waals surface area contributed by atoms with E-state index in [-0.39, 0.29) is 0 Å². The van der Waals surface area contributed by atoms with Gasteiger partial charge in [-0.25, -0.2) is 8.78 Å². The second kappa shape index (κ2) is 7.58. The first kappa shape index (κ1) is 33.1. The van der Waals surface area contributed by atoms with E-state index in [4.69, 9.17) is 0 Å². The minimum absolute atomic E-state index is 5.75. The van der Waals surface area contributed by atoms with Gasteiger partial charge in [-0.2, -0.15) is 96.6 Å². The van der Waals surface area contributed by atoms with Gasteiger partial charge in [0.05, 0.1) is 5.57 Å². The van der Waals surface area contributed by atoms with Crippen LogP contribution in [-0.4, -0.2) is 65.4 Å². The van der Waals surface area contributed by atoms with Gasteiger partial charge in [0.25, 0.3) is 0 Å². The van der Waals surface area contributed by atoms with Gasteiger partial charge in [-0.05, 0) is 0 Å². The van der Waals surface area contributed by atoms with Gasteiger partial charge < -0.3 is 0 Å². The smallest absolute Gasteiger partial charge is 0.221 e. The molecule has 0 nitrogen and oxygen atoms in total. The predicted octanol–water partition coefficient (Wildman–Crippen LogP) is 8.14. The molecule has 0 fully saturated rings. The Morgan fingerprint density at radius 2 is 0.676 bits per heavy atom. The zero-order valence-corrected chi connectivity index (χ0v) is 15.6. The van der Waals surface area contributed by atoms with Crippen LogP contribution in [0.4, 0.5) is 105 Å². The average Bonchev–Trinajstić information content (AvgIpc) is 2.63. The number of hydrogen-bond donors (Lipinski definition) is 0. The molecule has 0 saturated carbocycles. The van der Waals surface area contributed by atoms with E-state index in [9.17, 15) is 105 Å². The van der Waals surface area contributed by atoms with Crippen molar-refractivity contribution < 1.29 is 105 Å². The molecule has 1 aliphatic carbocycles. The van der Waals surface area contributed by atoms with Crippen molar-refractivity contribution in [2.45, 2.75) is 65.4 Å². The van der Waals surface area contributed by atoms with Crippen LogP contribution in [0.5, 0.6) is 0 Å². The van der Waals surface area contributed by atoms with E-state index < -0.39 is 76.8 Å². The third kappa shape index (κ3) is 3.43. The second-order valence-electron chi connectivity index (χ2n) is 6.94. The van der Waals surface area contributed by atoms with Crippen LogP contribution in [0.3, 0.4) is 0 Å². The first-order chi connectivity index (χ1) is 15.5. The Labute approximate surface area is 183 Å². The van der Waals surface area contributed by atoms with Crippen molar-refractivity contribution in [1.82, 2.24) is 0 Å². The first-order valence-corrected chi connectivity index (χ1v) is 7.79. The molecule has 24 heteroatoms. The van der Waals surface area contributed by atoms with E-state index in [1.165, 1.54) is 0 Å². The molecule has 1 aliphatic rings. The Balaban J connectivity index is 4.38. The van der Waals surface area contributed by atoms with E-state index in [1.54, 1.807) is 0 Å². The largest absolute Gasteiger partial charge is 0.460 e. The lowest BCUT2D eigenvalue weighted by Gasteiger charge is -2.48. The minimum Gasteiger partial charge on any atom is -0.221 e. The summed E-state index contributed by atoms with van der Waals surface area (Å²) < 4.78 is 317. The molecule has 1 rings (SSSR count). The molecule has 0 heterocycles. The summed E-state index contributed by atoms with van der Waals surface area (Å²) in [6, 6.07) is 0. The van der Waals surface area contributed by atoms with Crippen molar-refractivity contribution in [3.63, 3.8) is 0 Å². The first-order valence-electron chi connectivity index (χ1n) is 7.79. The summed E-state index contributed by atoms with van der Waals surface area (Å²) in [6.45, 7) is 0. The monoisotopic (exact) mass is 612 g/mol. The fraction of sp³-hybridized carbons (Fsp3) is 0.846. The molecule has 0 aromatic heterocycles. The molecule has 0 bridgehead atoms. The zero-order valence-electron chi connectivity index (χ0n) is 15.6. The lowest BCUT2D eigenvalue weighted by Crippen LogP contribution is -2.77. The Hall–Kier alpha value is -1.94. The van der Waals surface area contributed by atoms with Crippen LogP contribution in [-0.2, 0) is 0 Å². The van der Waals surface area contributed by atoms with Crippen molar-refractivity contribution in [2.75, 3.05) is 0 Å². The zero-order chi connectivity index (χ0) is 30.7. The van der Waals surface area contributed by atoms with Crippen molar-refractivity contribution in [3.8, 4) is 0 Å². The molecule has 1 atom stereocenters. The molecule has 0 radical (unpaired) electrons. The molecule has 0 aromatic carbocycles.